The first-order chi connectivity index (χ1) is 21.9. The Hall–Kier alpha value is -4.56. The van der Waals surface area contributed by atoms with Gasteiger partial charge < -0.3 is 24.6 Å². The number of amides is 1. The van der Waals surface area contributed by atoms with Crippen LogP contribution in [-0.2, 0) is 19.6 Å². The third kappa shape index (κ3) is 8.79. The second-order valence-corrected chi connectivity index (χ2v) is 12.6. The van der Waals surface area contributed by atoms with Crippen molar-refractivity contribution in [3.63, 3.8) is 0 Å². The average Bonchev–Trinajstić information content (AvgIpc) is 3.39. The molecule has 0 aliphatic carbocycles. The summed E-state index contributed by atoms with van der Waals surface area (Å²) in [6, 6.07) is 22.2. The number of hydrogen-bond acceptors (Lipinski definition) is 9. The molecule has 1 aromatic heterocycles. The fourth-order valence-electron chi connectivity index (χ4n) is 4.86. The van der Waals surface area contributed by atoms with Crippen molar-refractivity contribution in [3.8, 4) is 5.88 Å². The van der Waals surface area contributed by atoms with E-state index in [9.17, 15) is 23.1 Å². The van der Waals surface area contributed by atoms with Crippen molar-refractivity contribution in [2.45, 2.75) is 6.92 Å². The van der Waals surface area contributed by atoms with E-state index in [2.05, 4.69) is 21.8 Å². The van der Waals surface area contributed by atoms with Crippen LogP contribution in [0.2, 0.25) is 0 Å². The number of hydrogen-bond donors (Lipinski definition) is 3. The van der Waals surface area contributed by atoms with E-state index in [1.807, 2.05) is 54.6 Å². The molecule has 1 saturated heterocycles. The van der Waals surface area contributed by atoms with Crippen LogP contribution in [0.25, 0.3) is 10.9 Å². The summed E-state index contributed by atoms with van der Waals surface area (Å²) in [5.74, 6) is -0.666. The summed E-state index contributed by atoms with van der Waals surface area (Å²) < 4.78 is 31.7. The van der Waals surface area contributed by atoms with Crippen LogP contribution < -0.4 is 4.90 Å². The normalized spacial score (nSPS) is 14.4. The summed E-state index contributed by atoms with van der Waals surface area (Å²) in [6.07, 6.45) is 0. The van der Waals surface area contributed by atoms with E-state index in [-0.39, 0.29) is 17.5 Å². The third-order valence-electron chi connectivity index (χ3n) is 7.66. The number of aromatic amines is 1. The first-order valence-corrected chi connectivity index (χ1v) is 16.3. The molecular formula is C33H39N5O7S. The zero-order chi connectivity index (χ0) is 33.4. The van der Waals surface area contributed by atoms with Gasteiger partial charge in [0.15, 0.2) is 5.88 Å². The van der Waals surface area contributed by atoms with E-state index in [0.717, 1.165) is 42.8 Å². The van der Waals surface area contributed by atoms with Gasteiger partial charge in [0, 0.05) is 55.4 Å². The van der Waals surface area contributed by atoms with Crippen molar-refractivity contribution >= 4 is 50.0 Å². The van der Waals surface area contributed by atoms with Crippen LogP contribution in [0.3, 0.4) is 0 Å². The lowest BCUT2D eigenvalue weighted by atomic mass is 10.00. The molecule has 1 aliphatic heterocycles. The number of nitrogens with zero attached hydrogens (tertiary/aromatic N) is 4. The molecule has 3 aromatic carbocycles. The fourth-order valence-corrected chi connectivity index (χ4v) is 4.86. The molecule has 1 amide bonds. The number of ether oxygens (including phenoxy) is 1. The Morgan fingerprint density at radius 3 is 2.20 bits per heavy atom. The standard InChI is InChI=1S/C31H33N5O4.C2H6O3S/c1-34-15-17-36(18-16-34)20-27(37)35(2)24-12-10-23(11-13-24)32-29(21-7-5-4-6-8-21)28-25-14-9-22(31(39)40-3)19-26(25)33-30(28)38;1-2-6(3,4)5/h4-14,19,33,38H,15-18,20H2,1-3H3;2H2,1H3,(H,3,4,5). The van der Waals surface area contributed by atoms with Crippen molar-refractivity contribution in [1.82, 2.24) is 14.8 Å². The Labute approximate surface area is 268 Å². The fraction of sp³-hybridized carbons (Fsp3) is 0.303. The van der Waals surface area contributed by atoms with Gasteiger partial charge in [-0.15, -0.1) is 0 Å². The second kappa shape index (κ2) is 15.1. The molecule has 2 heterocycles. The van der Waals surface area contributed by atoms with Gasteiger partial charge in [0.1, 0.15) is 0 Å². The largest absolute Gasteiger partial charge is 0.494 e. The molecule has 5 rings (SSSR count). The molecule has 1 fully saturated rings. The van der Waals surface area contributed by atoms with E-state index in [4.69, 9.17) is 14.3 Å². The lowest BCUT2D eigenvalue weighted by Gasteiger charge is -2.32. The number of carbonyl (C=O) groups is 2. The number of fused-ring (bicyclic) bond motifs is 1. The van der Waals surface area contributed by atoms with Crippen molar-refractivity contribution in [1.29, 1.82) is 0 Å². The lowest BCUT2D eigenvalue weighted by Crippen LogP contribution is -2.48. The molecule has 0 radical (unpaired) electrons. The van der Waals surface area contributed by atoms with E-state index < -0.39 is 16.1 Å². The topological polar surface area (TPSA) is 156 Å². The van der Waals surface area contributed by atoms with Crippen LogP contribution in [-0.4, -0.2) is 110 Å². The van der Waals surface area contributed by atoms with E-state index in [1.165, 1.54) is 14.0 Å². The van der Waals surface area contributed by atoms with Crippen LogP contribution in [0.5, 0.6) is 5.88 Å². The SMILES string of the molecule is CCS(=O)(=O)O.COC(=O)c1ccc2c(C(=Nc3ccc(N(C)C(=O)CN4CCN(C)CC4)cc3)c3ccccc3)c(O)[nH]c2c1. The smallest absolute Gasteiger partial charge is 0.337 e. The number of rotatable bonds is 8. The number of aromatic nitrogens is 1. The Bertz CT molecular complexity index is 1800. The van der Waals surface area contributed by atoms with Gasteiger partial charge in [-0.05, 0) is 50.4 Å². The minimum atomic E-state index is -3.66. The highest BCUT2D eigenvalue weighted by atomic mass is 32.2. The predicted molar refractivity (Wildman–Crippen MR) is 179 cm³/mol. The van der Waals surface area contributed by atoms with Gasteiger partial charge in [0.25, 0.3) is 10.1 Å². The minimum Gasteiger partial charge on any atom is -0.494 e. The monoisotopic (exact) mass is 649 g/mol. The molecule has 0 spiro atoms. The zero-order valence-electron chi connectivity index (χ0n) is 26.3. The Morgan fingerprint density at radius 2 is 1.61 bits per heavy atom. The second-order valence-electron chi connectivity index (χ2n) is 10.8. The predicted octanol–water partition coefficient (Wildman–Crippen LogP) is 3.93. The van der Waals surface area contributed by atoms with Gasteiger partial charge >= 0.3 is 5.97 Å². The number of nitrogens with one attached hydrogen (secondary N) is 1. The van der Waals surface area contributed by atoms with E-state index >= 15 is 0 Å². The van der Waals surface area contributed by atoms with Crippen LogP contribution in [0.1, 0.15) is 28.4 Å². The zero-order valence-corrected chi connectivity index (χ0v) is 27.1. The van der Waals surface area contributed by atoms with Gasteiger partial charge in [-0.2, -0.15) is 8.42 Å². The minimum absolute atomic E-state index is 0.0424. The first-order valence-electron chi connectivity index (χ1n) is 14.7. The highest BCUT2D eigenvalue weighted by molar-refractivity contribution is 7.85. The molecule has 1 aliphatic rings. The van der Waals surface area contributed by atoms with Crippen LogP contribution in [0.4, 0.5) is 11.4 Å². The summed E-state index contributed by atoms with van der Waals surface area (Å²) in [6.45, 7) is 5.46. The number of aromatic hydroxyl groups is 1. The van der Waals surface area contributed by atoms with Crippen LogP contribution >= 0.6 is 0 Å². The molecule has 3 N–H and O–H groups in total. The molecule has 0 atom stereocenters. The summed E-state index contributed by atoms with van der Waals surface area (Å²) in [7, 11) is 1.56. The number of methoxy groups -OCH3 is 1. The highest BCUT2D eigenvalue weighted by Crippen LogP contribution is 2.32. The number of anilines is 1. The van der Waals surface area contributed by atoms with Crippen molar-refractivity contribution in [2.24, 2.45) is 4.99 Å². The Morgan fingerprint density at radius 1 is 0.978 bits per heavy atom. The maximum absolute atomic E-state index is 12.9. The number of aliphatic imine (C=N–C) groups is 1. The first kappa shape index (κ1) is 34.3. The Kier molecular flexibility index (Phi) is 11.3. The highest BCUT2D eigenvalue weighted by Gasteiger charge is 2.21. The molecule has 4 aromatic rings. The molecular weight excluding hydrogens is 610 g/mol. The molecule has 13 heteroatoms. The Balaban J connectivity index is 0.000000731. The maximum atomic E-state index is 12.9. The van der Waals surface area contributed by atoms with Crippen molar-refractivity contribution < 1.29 is 32.4 Å². The van der Waals surface area contributed by atoms with Crippen LogP contribution in [0, 0.1) is 0 Å². The molecule has 0 bridgehead atoms. The van der Waals surface area contributed by atoms with Gasteiger partial charge in [0.05, 0.1) is 41.9 Å². The maximum Gasteiger partial charge on any atom is 0.337 e. The number of benzene rings is 3. The van der Waals surface area contributed by atoms with Gasteiger partial charge in [-0.1, -0.05) is 36.4 Å². The van der Waals surface area contributed by atoms with Crippen molar-refractivity contribution in [2.75, 3.05) is 64.6 Å². The molecule has 0 unspecified atom stereocenters. The number of esters is 1. The van der Waals surface area contributed by atoms with Crippen LogP contribution in [0.15, 0.2) is 77.8 Å². The van der Waals surface area contributed by atoms with Crippen molar-refractivity contribution in [3.05, 3.63) is 89.5 Å². The van der Waals surface area contributed by atoms with Gasteiger partial charge in [-0.25, -0.2) is 9.79 Å². The number of likely N-dealkylation sites (N-methyl/N-ethyl adjacent to an activating group) is 2. The average molecular weight is 650 g/mol. The van der Waals surface area contributed by atoms with Gasteiger partial charge in [0.2, 0.25) is 5.91 Å². The molecule has 12 nitrogen and oxygen atoms in total. The number of carbonyl (C=O) groups excluding carboxylic acids is 2. The molecule has 0 saturated carbocycles. The van der Waals surface area contributed by atoms with E-state index in [0.29, 0.717) is 34.6 Å². The molecule has 46 heavy (non-hydrogen) atoms. The summed E-state index contributed by atoms with van der Waals surface area (Å²) in [4.78, 5) is 39.0. The number of H-pyrrole nitrogens is 1. The lowest BCUT2D eigenvalue weighted by molar-refractivity contribution is -0.119. The summed E-state index contributed by atoms with van der Waals surface area (Å²) in [5, 5.41) is 11.7. The summed E-state index contributed by atoms with van der Waals surface area (Å²) >= 11 is 0. The number of piperazine rings is 1. The molecule has 244 valence electrons. The quantitative estimate of drug-likeness (QED) is 0.146. The summed E-state index contributed by atoms with van der Waals surface area (Å²) in [5.41, 5.74) is 4.34. The van der Waals surface area contributed by atoms with Gasteiger partial charge in [-0.3, -0.25) is 14.2 Å². The van der Waals surface area contributed by atoms with E-state index in [1.54, 1.807) is 30.1 Å². The third-order valence-corrected chi connectivity index (χ3v) is 8.39.